The molecule has 0 aromatic carbocycles. The third kappa shape index (κ3) is 5.30. The van der Waals surface area contributed by atoms with Crippen molar-refractivity contribution in [1.82, 2.24) is 14.2 Å². The first-order valence-electron chi connectivity index (χ1n) is 11.3. The van der Waals surface area contributed by atoms with Crippen LogP contribution in [-0.2, 0) is 19.6 Å². The van der Waals surface area contributed by atoms with Gasteiger partial charge in [0.1, 0.15) is 22.5 Å². The minimum atomic E-state index is -3.86. The summed E-state index contributed by atoms with van der Waals surface area (Å²) in [6.45, 7) is 3.28. The molecule has 1 saturated heterocycles. The van der Waals surface area contributed by atoms with Crippen LogP contribution in [0.2, 0.25) is 0 Å². The van der Waals surface area contributed by atoms with Crippen molar-refractivity contribution in [2.24, 2.45) is 5.92 Å². The molecule has 180 valence electrons. The molecule has 1 N–H and O–H groups in total. The molecule has 3 heterocycles. The van der Waals surface area contributed by atoms with Crippen LogP contribution in [0, 0.1) is 19.8 Å². The van der Waals surface area contributed by atoms with Crippen LogP contribution in [0.15, 0.2) is 27.0 Å². The molecule has 9 nitrogen and oxygen atoms in total. The Morgan fingerprint density at radius 1 is 1.27 bits per heavy atom. The number of carbonyl (C=O) groups is 2. The Balaban J connectivity index is 1.51. The second kappa shape index (κ2) is 9.94. The van der Waals surface area contributed by atoms with Gasteiger partial charge in [-0.05, 0) is 32.3 Å². The predicted molar refractivity (Wildman–Crippen MR) is 124 cm³/mol. The fourth-order valence-electron chi connectivity index (χ4n) is 4.79. The normalized spacial score (nSPS) is 19.6. The third-order valence-electron chi connectivity index (χ3n) is 6.46. The molecule has 2 aromatic rings. The second-order valence-electron chi connectivity index (χ2n) is 8.79. The van der Waals surface area contributed by atoms with Gasteiger partial charge in [0.2, 0.25) is 21.8 Å². The number of rotatable bonds is 7. The predicted octanol–water partition coefficient (Wildman–Crippen LogP) is 3.16. The van der Waals surface area contributed by atoms with Crippen molar-refractivity contribution in [2.45, 2.75) is 63.3 Å². The first kappa shape index (κ1) is 23.9. The second-order valence-corrected chi connectivity index (χ2v) is 11.6. The van der Waals surface area contributed by atoms with Crippen LogP contribution in [0.25, 0.3) is 0 Å². The largest absolute Gasteiger partial charge is 0.465 e. The Kier molecular flexibility index (Phi) is 7.20. The summed E-state index contributed by atoms with van der Waals surface area (Å²) in [5, 5.41) is 5.11. The minimum Gasteiger partial charge on any atom is -0.465 e. The molecule has 1 aliphatic carbocycles. The molecule has 0 unspecified atom stereocenters. The number of aryl methyl sites for hydroxylation is 2. The Morgan fingerprint density at radius 3 is 2.64 bits per heavy atom. The average molecular weight is 495 g/mol. The van der Waals surface area contributed by atoms with Crippen LogP contribution in [0.5, 0.6) is 0 Å². The Morgan fingerprint density at radius 2 is 2.03 bits per heavy atom. The van der Waals surface area contributed by atoms with Crippen LogP contribution in [-0.4, -0.2) is 60.1 Å². The smallest absolute Gasteiger partial charge is 0.248 e. The molecule has 33 heavy (non-hydrogen) atoms. The number of sulfonamides is 1. The lowest BCUT2D eigenvalue weighted by Gasteiger charge is -2.39. The zero-order valence-electron chi connectivity index (χ0n) is 19.0. The maximum atomic E-state index is 13.2. The molecule has 11 heteroatoms. The minimum absolute atomic E-state index is 0.0847. The van der Waals surface area contributed by atoms with Gasteiger partial charge in [-0.2, -0.15) is 4.31 Å². The van der Waals surface area contributed by atoms with Gasteiger partial charge in [0.25, 0.3) is 0 Å². The summed E-state index contributed by atoms with van der Waals surface area (Å²) in [6.07, 6.45) is 7.75. The highest BCUT2D eigenvalue weighted by Gasteiger charge is 2.40. The molecule has 2 aliphatic rings. The van der Waals surface area contributed by atoms with Gasteiger partial charge in [0.15, 0.2) is 5.13 Å². The monoisotopic (exact) mass is 494 g/mol. The summed E-state index contributed by atoms with van der Waals surface area (Å²) in [4.78, 5) is 32.1. The lowest BCUT2D eigenvalue weighted by atomic mass is 9.84. The molecule has 0 radical (unpaired) electrons. The van der Waals surface area contributed by atoms with E-state index in [1.807, 2.05) is 0 Å². The number of anilines is 1. The summed E-state index contributed by atoms with van der Waals surface area (Å²) in [6, 6.07) is 0.835. The van der Waals surface area contributed by atoms with Gasteiger partial charge >= 0.3 is 0 Å². The lowest BCUT2D eigenvalue weighted by Crippen LogP contribution is -2.58. The third-order valence-corrected chi connectivity index (χ3v) is 9.10. The fourth-order valence-corrected chi connectivity index (χ4v) is 6.92. The fraction of sp³-hybridized carbons (Fsp3) is 0.591. The Hall–Kier alpha value is -2.24. The molecular weight excluding hydrogens is 464 g/mol. The molecule has 2 fully saturated rings. The van der Waals surface area contributed by atoms with Gasteiger partial charge in [-0.15, -0.1) is 11.3 Å². The number of furan rings is 1. The first-order chi connectivity index (χ1) is 15.8. The van der Waals surface area contributed by atoms with Crippen molar-refractivity contribution in [1.29, 1.82) is 0 Å². The van der Waals surface area contributed by atoms with E-state index < -0.39 is 16.1 Å². The topological polar surface area (TPSA) is 113 Å². The maximum absolute atomic E-state index is 13.2. The SMILES string of the molecule is Cc1cc(S(=O)(=O)N2CCN([C@@H](CC3CCCCC3)C(=O)Nc3nccs3)C(=O)C2)c(C)o1. The molecular formula is C22H30N4O5S2. The van der Waals surface area contributed by atoms with Crippen LogP contribution >= 0.6 is 11.3 Å². The quantitative estimate of drug-likeness (QED) is 0.633. The number of carbonyl (C=O) groups excluding carboxylic acids is 2. The van der Waals surface area contributed by atoms with Crippen LogP contribution in [0.4, 0.5) is 5.13 Å². The Bertz CT molecular complexity index is 1090. The van der Waals surface area contributed by atoms with Gasteiger partial charge in [-0.1, -0.05) is 32.1 Å². The van der Waals surface area contributed by atoms with Crippen LogP contribution < -0.4 is 5.32 Å². The zero-order valence-corrected chi connectivity index (χ0v) is 20.6. The average Bonchev–Trinajstić information content (AvgIpc) is 3.42. The van der Waals surface area contributed by atoms with Crippen molar-refractivity contribution in [3.05, 3.63) is 29.2 Å². The highest BCUT2D eigenvalue weighted by Crippen LogP contribution is 2.31. The number of nitrogens with zero attached hydrogens (tertiary/aromatic N) is 3. The summed E-state index contributed by atoms with van der Waals surface area (Å²) in [5.41, 5.74) is 0. The summed E-state index contributed by atoms with van der Waals surface area (Å²) in [5.74, 6) is 0.555. The number of hydrogen-bond donors (Lipinski definition) is 1. The van der Waals surface area contributed by atoms with E-state index in [1.165, 1.54) is 28.1 Å². The molecule has 1 atom stereocenters. The van der Waals surface area contributed by atoms with E-state index in [0.29, 0.717) is 29.0 Å². The van der Waals surface area contributed by atoms with E-state index in [-0.39, 0.29) is 36.3 Å². The highest BCUT2D eigenvalue weighted by molar-refractivity contribution is 7.89. The maximum Gasteiger partial charge on any atom is 0.248 e. The van der Waals surface area contributed by atoms with E-state index in [0.717, 1.165) is 25.7 Å². The molecule has 4 rings (SSSR count). The lowest BCUT2D eigenvalue weighted by molar-refractivity contribution is -0.142. The number of piperazine rings is 1. The van der Waals surface area contributed by atoms with Gasteiger partial charge in [0.05, 0.1) is 6.54 Å². The van der Waals surface area contributed by atoms with Crippen molar-refractivity contribution in [3.8, 4) is 0 Å². The number of thiazole rings is 1. The number of nitrogens with one attached hydrogen (secondary N) is 1. The van der Waals surface area contributed by atoms with E-state index in [1.54, 1.807) is 30.3 Å². The van der Waals surface area contributed by atoms with Crippen molar-refractivity contribution in [2.75, 3.05) is 25.0 Å². The summed E-state index contributed by atoms with van der Waals surface area (Å²) in [7, 11) is -3.86. The van der Waals surface area contributed by atoms with E-state index in [2.05, 4.69) is 10.3 Å². The van der Waals surface area contributed by atoms with E-state index in [9.17, 15) is 18.0 Å². The van der Waals surface area contributed by atoms with Gasteiger partial charge in [-0.3, -0.25) is 9.59 Å². The van der Waals surface area contributed by atoms with Crippen molar-refractivity contribution in [3.63, 3.8) is 0 Å². The molecule has 0 spiro atoms. The summed E-state index contributed by atoms with van der Waals surface area (Å²) >= 11 is 1.32. The standard InChI is InChI=1S/C22H30N4O5S2/c1-15-12-19(16(2)31-15)33(29,30)25-9-10-26(20(27)14-25)18(13-17-6-4-3-5-7-17)21(28)24-22-23-8-11-32-22/h8,11-12,17-18H,3-7,9-10,13-14H2,1-2H3,(H,23,24,28)/t18-/m0/s1. The van der Waals surface area contributed by atoms with Gasteiger partial charge in [-0.25, -0.2) is 13.4 Å². The summed E-state index contributed by atoms with van der Waals surface area (Å²) < 4.78 is 32.8. The molecule has 0 bridgehead atoms. The molecule has 2 amide bonds. The Labute approximate surface area is 198 Å². The van der Waals surface area contributed by atoms with E-state index in [4.69, 9.17) is 4.42 Å². The number of aromatic nitrogens is 1. The van der Waals surface area contributed by atoms with Crippen LogP contribution in [0.1, 0.15) is 50.0 Å². The first-order valence-corrected chi connectivity index (χ1v) is 13.6. The van der Waals surface area contributed by atoms with E-state index >= 15 is 0 Å². The van der Waals surface area contributed by atoms with Crippen molar-refractivity contribution >= 4 is 38.3 Å². The molecule has 1 aliphatic heterocycles. The van der Waals surface area contributed by atoms with Crippen molar-refractivity contribution < 1.29 is 22.4 Å². The zero-order chi connectivity index (χ0) is 23.6. The molecule has 1 saturated carbocycles. The van der Waals surface area contributed by atoms with Gasteiger partial charge < -0.3 is 14.6 Å². The number of hydrogen-bond acceptors (Lipinski definition) is 7. The van der Waals surface area contributed by atoms with Gasteiger partial charge in [0, 0.05) is 24.7 Å². The highest BCUT2D eigenvalue weighted by atomic mass is 32.2. The number of amides is 2. The molecule has 2 aromatic heterocycles. The van der Waals surface area contributed by atoms with Crippen LogP contribution in [0.3, 0.4) is 0 Å².